The smallest absolute Gasteiger partial charge is 0.335 e. The van der Waals surface area contributed by atoms with Crippen molar-refractivity contribution < 1.29 is 61.9 Å². The summed E-state index contributed by atoms with van der Waals surface area (Å²) in [6.07, 6.45) is 11.9. The minimum atomic E-state index is -0.698. The van der Waals surface area contributed by atoms with E-state index in [0.29, 0.717) is 111 Å². The lowest BCUT2D eigenvalue weighted by Gasteiger charge is -2.12. The van der Waals surface area contributed by atoms with Gasteiger partial charge in [-0.3, -0.25) is 14.4 Å². The van der Waals surface area contributed by atoms with Crippen LogP contribution in [0.25, 0.3) is 0 Å². The zero-order chi connectivity index (χ0) is 36.2. The minimum absolute atomic E-state index is 0.0598. The molecule has 0 aromatic rings. The molecule has 0 bridgehead atoms. The highest BCUT2D eigenvalue weighted by Crippen LogP contribution is 2.13. The number of ether oxygens (including phenoxy) is 8. The number of hydrogen-bond acceptors (Lipinski definition) is 13. The van der Waals surface area contributed by atoms with Gasteiger partial charge in [0.15, 0.2) is 0 Å². The molecule has 50 heavy (non-hydrogen) atoms. The molecule has 1 fully saturated rings. The standard InChI is InChI=1S/C35H64N2O13/c1-2-3-4-5-6-7-8-9-10-11-32(38)36-15-17-43-19-21-45-23-25-47-27-29-49-31-30-48-28-26-46-24-22-44-20-18-42-16-14-35(41)50-37-33(39)12-13-34(37)40/h2-31H2,1H3,(H,36,38). The molecule has 0 radical (unpaired) electrons. The van der Waals surface area contributed by atoms with Crippen LogP contribution >= 0.6 is 0 Å². The number of hydrogen-bond donors (Lipinski definition) is 1. The van der Waals surface area contributed by atoms with Crippen molar-refractivity contribution in [2.24, 2.45) is 0 Å². The van der Waals surface area contributed by atoms with E-state index in [2.05, 4.69) is 12.2 Å². The summed E-state index contributed by atoms with van der Waals surface area (Å²) in [5.41, 5.74) is 0. The van der Waals surface area contributed by atoms with Crippen LogP contribution in [0.1, 0.15) is 90.4 Å². The Bertz CT molecular complexity index is 833. The van der Waals surface area contributed by atoms with Crippen molar-refractivity contribution in [3.63, 3.8) is 0 Å². The summed E-state index contributed by atoms with van der Waals surface area (Å²) < 4.78 is 43.5. The summed E-state index contributed by atoms with van der Waals surface area (Å²) >= 11 is 0. The molecule has 1 rings (SSSR count). The summed E-state index contributed by atoms with van der Waals surface area (Å²) in [7, 11) is 0. The molecule has 15 nitrogen and oxygen atoms in total. The number of imide groups is 1. The topological polar surface area (TPSA) is 167 Å². The van der Waals surface area contributed by atoms with Crippen molar-refractivity contribution in [3.8, 4) is 0 Å². The third kappa shape index (κ3) is 29.5. The van der Waals surface area contributed by atoms with Gasteiger partial charge in [-0.05, 0) is 6.42 Å². The second-order valence-electron chi connectivity index (χ2n) is 11.6. The van der Waals surface area contributed by atoms with E-state index in [-0.39, 0.29) is 38.4 Å². The fourth-order valence-electron chi connectivity index (χ4n) is 4.55. The van der Waals surface area contributed by atoms with Crippen LogP contribution in [0.3, 0.4) is 0 Å². The zero-order valence-corrected chi connectivity index (χ0v) is 30.5. The van der Waals surface area contributed by atoms with Crippen LogP contribution < -0.4 is 5.32 Å². The Kier molecular flexibility index (Phi) is 32.2. The summed E-state index contributed by atoms with van der Waals surface area (Å²) in [5, 5.41) is 3.43. The Morgan fingerprint density at radius 2 is 0.860 bits per heavy atom. The molecule has 0 unspecified atom stereocenters. The molecule has 1 aliphatic rings. The van der Waals surface area contributed by atoms with E-state index in [1.807, 2.05) is 0 Å². The first-order valence-corrected chi connectivity index (χ1v) is 18.5. The van der Waals surface area contributed by atoms with Gasteiger partial charge in [0.1, 0.15) is 0 Å². The normalized spacial score (nSPS) is 13.0. The largest absolute Gasteiger partial charge is 0.378 e. The van der Waals surface area contributed by atoms with Crippen molar-refractivity contribution in [1.82, 2.24) is 10.4 Å². The Balaban J connectivity index is 1.67. The molecule has 1 N–H and O–H groups in total. The summed E-state index contributed by atoms with van der Waals surface area (Å²) in [6.45, 7) is 9.44. The summed E-state index contributed by atoms with van der Waals surface area (Å²) in [5.74, 6) is -1.62. The van der Waals surface area contributed by atoms with Crippen molar-refractivity contribution in [1.29, 1.82) is 0 Å². The highest BCUT2D eigenvalue weighted by Gasteiger charge is 2.32. The first-order chi connectivity index (χ1) is 24.5. The average Bonchev–Trinajstić information content (AvgIpc) is 3.42. The molecule has 0 spiro atoms. The van der Waals surface area contributed by atoms with Gasteiger partial charge >= 0.3 is 5.97 Å². The van der Waals surface area contributed by atoms with Gasteiger partial charge in [-0.15, -0.1) is 5.06 Å². The van der Waals surface area contributed by atoms with Gasteiger partial charge < -0.3 is 48.0 Å². The maximum absolute atomic E-state index is 11.9. The number of unbranched alkanes of at least 4 members (excludes halogenated alkanes) is 8. The second-order valence-corrected chi connectivity index (χ2v) is 11.6. The van der Waals surface area contributed by atoms with Gasteiger partial charge in [-0.1, -0.05) is 58.3 Å². The summed E-state index contributed by atoms with van der Waals surface area (Å²) in [6, 6.07) is 0. The number of rotatable bonds is 38. The molecule has 1 heterocycles. The Morgan fingerprint density at radius 3 is 1.28 bits per heavy atom. The lowest BCUT2D eigenvalue weighted by Crippen LogP contribution is -2.32. The molecular weight excluding hydrogens is 656 g/mol. The van der Waals surface area contributed by atoms with E-state index in [1.54, 1.807) is 0 Å². The fraction of sp³-hybridized carbons (Fsp3) is 0.886. The number of amides is 3. The number of nitrogens with one attached hydrogen (secondary N) is 1. The van der Waals surface area contributed by atoms with E-state index in [4.69, 9.17) is 42.7 Å². The molecule has 0 aliphatic carbocycles. The van der Waals surface area contributed by atoms with Crippen molar-refractivity contribution in [3.05, 3.63) is 0 Å². The highest BCUT2D eigenvalue weighted by atomic mass is 16.7. The molecular formula is C35H64N2O13. The van der Waals surface area contributed by atoms with Crippen LogP contribution in [-0.2, 0) is 61.9 Å². The van der Waals surface area contributed by atoms with Crippen LogP contribution in [0.15, 0.2) is 0 Å². The molecule has 292 valence electrons. The Labute approximate surface area is 298 Å². The van der Waals surface area contributed by atoms with Gasteiger partial charge in [-0.2, -0.15) is 0 Å². The maximum Gasteiger partial charge on any atom is 0.335 e. The van der Waals surface area contributed by atoms with Gasteiger partial charge in [0.2, 0.25) is 5.91 Å². The van der Waals surface area contributed by atoms with E-state index < -0.39 is 17.8 Å². The maximum atomic E-state index is 11.9. The van der Waals surface area contributed by atoms with E-state index >= 15 is 0 Å². The first kappa shape index (κ1) is 45.8. The average molecular weight is 721 g/mol. The van der Waals surface area contributed by atoms with Crippen molar-refractivity contribution in [2.45, 2.75) is 90.4 Å². The molecule has 0 aromatic heterocycles. The monoisotopic (exact) mass is 720 g/mol. The van der Waals surface area contributed by atoms with Gasteiger partial charge in [0, 0.05) is 25.8 Å². The summed E-state index contributed by atoms with van der Waals surface area (Å²) in [4.78, 5) is 51.1. The molecule has 0 aromatic carbocycles. The molecule has 1 aliphatic heterocycles. The third-order valence-electron chi connectivity index (χ3n) is 7.33. The van der Waals surface area contributed by atoms with Crippen LogP contribution in [0.4, 0.5) is 0 Å². The van der Waals surface area contributed by atoms with Gasteiger partial charge in [0.05, 0.1) is 112 Å². The predicted octanol–water partition coefficient (Wildman–Crippen LogP) is 3.15. The Hall–Kier alpha value is -2.24. The zero-order valence-electron chi connectivity index (χ0n) is 30.5. The molecule has 15 heteroatoms. The Morgan fingerprint density at radius 1 is 0.500 bits per heavy atom. The minimum Gasteiger partial charge on any atom is -0.378 e. The number of hydroxylamine groups is 2. The molecule has 3 amide bonds. The SMILES string of the molecule is CCCCCCCCCCCC(=O)NCCOCCOCCOCCOCCOCCOCCOCCOCCC(=O)ON1C(=O)CCC1=O. The number of carbonyl (C=O) groups is 4. The van der Waals surface area contributed by atoms with Gasteiger partial charge in [-0.25, -0.2) is 4.79 Å². The first-order valence-electron chi connectivity index (χ1n) is 18.5. The van der Waals surface area contributed by atoms with Crippen LogP contribution in [0.5, 0.6) is 0 Å². The van der Waals surface area contributed by atoms with Gasteiger partial charge in [0.25, 0.3) is 11.8 Å². The molecule has 0 saturated carbocycles. The highest BCUT2D eigenvalue weighted by molar-refractivity contribution is 6.01. The van der Waals surface area contributed by atoms with E-state index in [9.17, 15) is 19.2 Å². The van der Waals surface area contributed by atoms with Crippen molar-refractivity contribution in [2.75, 3.05) is 112 Å². The molecule has 0 atom stereocenters. The lowest BCUT2D eigenvalue weighted by atomic mass is 10.1. The fourth-order valence-corrected chi connectivity index (χ4v) is 4.55. The third-order valence-corrected chi connectivity index (χ3v) is 7.33. The van der Waals surface area contributed by atoms with E-state index in [1.165, 1.54) is 44.9 Å². The van der Waals surface area contributed by atoms with E-state index in [0.717, 1.165) is 12.8 Å². The second kappa shape index (κ2) is 35.2. The van der Waals surface area contributed by atoms with Crippen LogP contribution in [0, 0.1) is 0 Å². The van der Waals surface area contributed by atoms with Crippen LogP contribution in [-0.4, -0.2) is 141 Å². The van der Waals surface area contributed by atoms with Crippen LogP contribution in [0.2, 0.25) is 0 Å². The number of carbonyl (C=O) groups excluding carboxylic acids is 4. The lowest BCUT2D eigenvalue weighted by molar-refractivity contribution is -0.198. The van der Waals surface area contributed by atoms with Crippen molar-refractivity contribution >= 4 is 23.7 Å². The predicted molar refractivity (Wildman–Crippen MR) is 183 cm³/mol. The quantitative estimate of drug-likeness (QED) is 0.0731. The number of nitrogens with zero attached hydrogens (tertiary/aromatic N) is 1. The molecule has 1 saturated heterocycles.